The van der Waals surface area contributed by atoms with E-state index in [0.29, 0.717) is 19.4 Å². The van der Waals surface area contributed by atoms with Crippen molar-refractivity contribution >= 4 is 11.9 Å². The van der Waals surface area contributed by atoms with Crippen LogP contribution in [-0.4, -0.2) is 47.4 Å². The molecule has 0 aliphatic rings. The SMILES string of the molecule is CCCCCCCCCCCCCCCCCCCCCCC/C=C/C(O)C(CO)NC(=O)CCCCCCCCC/C=C\CCCCCCCCCCCCCCOC(=O)CCCCCCCCCCCCCCCCCCCCC. The minimum absolute atomic E-state index is 0.0169. The lowest BCUT2D eigenvalue weighted by Crippen LogP contribution is -2.45. The van der Waals surface area contributed by atoms with Crippen LogP contribution in [0.25, 0.3) is 0 Å². The van der Waals surface area contributed by atoms with Gasteiger partial charge in [-0.05, 0) is 57.8 Å². The Hall–Kier alpha value is -1.66. The Morgan fingerprint density at radius 1 is 0.329 bits per heavy atom. The summed E-state index contributed by atoms with van der Waals surface area (Å²) < 4.78 is 5.51. The highest BCUT2D eigenvalue weighted by Gasteiger charge is 2.18. The first kappa shape index (κ1) is 80.3. The molecule has 0 saturated carbocycles. The van der Waals surface area contributed by atoms with Crippen molar-refractivity contribution in [1.82, 2.24) is 5.32 Å². The fraction of sp³-hybridized carbons (Fsp3) is 0.921. The van der Waals surface area contributed by atoms with Gasteiger partial charge >= 0.3 is 5.97 Å². The quantitative estimate of drug-likeness (QED) is 0.0320. The largest absolute Gasteiger partial charge is 0.466 e. The molecule has 0 fully saturated rings. The summed E-state index contributed by atoms with van der Waals surface area (Å²) in [7, 11) is 0. The number of amides is 1. The van der Waals surface area contributed by atoms with E-state index >= 15 is 0 Å². The summed E-state index contributed by atoms with van der Waals surface area (Å²) in [4.78, 5) is 24.7. The molecular formula is C76H147NO5. The first-order valence-electron chi connectivity index (χ1n) is 37.6. The number of hydrogen-bond acceptors (Lipinski definition) is 5. The summed E-state index contributed by atoms with van der Waals surface area (Å²) in [6.07, 6.45) is 91.3. The highest BCUT2D eigenvalue weighted by molar-refractivity contribution is 5.76. The molecule has 1 amide bonds. The number of allylic oxidation sites excluding steroid dienone is 3. The number of nitrogens with one attached hydrogen (secondary N) is 1. The van der Waals surface area contributed by atoms with Crippen molar-refractivity contribution < 1.29 is 24.5 Å². The smallest absolute Gasteiger partial charge is 0.305 e. The first-order chi connectivity index (χ1) is 40.5. The summed E-state index contributed by atoms with van der Waals surface area (Å²) in [6.45, 7) is 4.95. The maximum atomic E-state index is 12.5. The second kappa shape index (κ2) is 71.8. The number of aliphatic hydroxyl groups is 2. The van der Waals surface area contributed by atoms with Gasteiger partial charge in [-0.1, -0.05) is 378 Å². The third-order valence-corrected chi connectivity index (χ3v) is 17.7. The van der Waals surface area contributed by atoms with Crippen molar-refractivity contribution in [2.45, 2.75) is 437 Å². The van der Waals surface area contributed by atoms with Gasteiger partial charge in [0.2, 0.25) is 5.91 Å². The van der Waals surface area contributed by atoms with Crippen molar-refractivity contribution in [2.75, 3.05) is 13.2 Å². The van der Waals surface area contributed by atoms with Crippen LogP contribution in [0.4, 0.5) is 0 Å². The molecule has 2 atom stereocenters. The molecule has 6 heteroatoms. The van der Waals surface area contributed by atoms with Crippen LogP contribution in [0.15, 0.2) is 24.3 Å². The molecule has 0 radical (unpaired) electrons. The van der Waals surface area contributed by atoms with Crippen LogP contribution in [0.5, 0.6) is 0 Å². The molecule has 0 bridgehead atoms. The molecule has 0 heterocycles. The minimum atomic E-state index is -0.850. The molecule has 82 heavy (non-hydrogen) atoms. The zero-order valence-corrected chi connectivity index (χ0v) is 55.8. The van der Waals surface area contributed by atoms with E-state index < -0.39 is 12.1 Å². The van der Waals surface area contributed by atoms with Gasteiger partial charge in [0.05, 0.1) is 25.4 Å². The fourth-order valence-corrected chi connectivity index (χ4v) is 12.0. The van der Waals surface area contributed by atoms with Crippen molar-refractivity contribution in [2.24, 2.45) is 0 Å². The van der Waals surface area contributed by atoms with Gasteiger partial charge in [0, 0.05) is 12.8 Å². The van der Waals surface area contributed by atoms with Crippen LogP contribution in [0.3, 0.4) is 0 Å². The van der Waals surface area contributed by atoms with E-state index in [-0.39, 0.29) is 18.5 Å². The van der Waals surface area contributed by atoms with Gasteiger partial charge < -0.3 is 20.3 Å². The fourth-order valence-electron chi connectivity index (χ4n) is 12.0. The van der Waals surface area contributed by atoms with E-state index in [9.17, 15) is 19.8 Å². The average Bonchev–Trinajstić information content (AvgIpc) is 3.48. The molecule has 6 nitrogen and oxygen atoms in total. The van der Waals surface area contributed by atoms with E-state index in [2.05, 4.69) is 31.3 Å². The highest BCUT2D eigenvalue weighted by Crippen LogP contribution is 2.19. The van der Waals surface area contributed by atoms with Gasteiger partial charge in [-0.2, -0.15) is 0 Å². The van der Waals surface area contributed by atoms with Crippen molar-refractivity contribution in [3.8, 4) is 0 Å². The number of carbonyl (C=O) groups excluding carboxylic acids is 2. The normalized spacial score (nSPS) is 12.6. The van der Waals surface area contributed by atoms with Crippen LogP contribution in [-0.2, 0) is 14.3 Å². The second-order valence-corrected chi connectivity index (χ2v) is 26.0. The highest BCUT2D eigenvalue weighted by atomic mass is 16.5. The zero-order chi connectivity index (χ0) is 59.2. The molecule has 0 spiro atoms. The van der Waals surface area contributed by atoms with Crippen molar-refractivity contribution in [3.63, 3.8) is 0 Å². The van der Waals surface area contributed by atoms with Gasteiger partial charge in [-0.3, -0.25) is 9.59 Å². The van der Waals surface area contributed by atoms with E-state index in [1.165, 1.54) is 353 Å². The predicted octanol–water partition coefficient (Wildman–Crippen LogP) is 24.5. The van der Waals surface area contributed by atoms with E-state index in [0.717, 1.165) is 44.9 Å². The predicted molar refractivity (Wildman–Crippen MR) is 361 cm³/mol. The Labute approximate surface area is 513 Å². The Morgan fingerprint density at radius 3 is 0.866 bits per heavy atom. The second-order valence-electron chi connectivity index (χ2n) is 26.0. The molecule has 0 aliphatic carbocycles. The van der Waals surface area contributed by atoms with Gasteiger partial charge in [0.15, 0.2) is 0 Å². The standard InChI is InChI=1S/C76H147NO5/c1-3-5-7-9-11-13-15-17-19-21-23-24-26-29-33-36-40-44-48-52-56-60-64-68-74(79)73(72-78)77-75(80)69-65-61-57-53-49-45-41-37-34-30-27-25-28-31-35-39-43-47-51-55-59-63-67-71-82-76(81)70-66-62-58-54-50-46-42-38-32-22-20-18-16-14-12-10-8-6-4-2/h30,34,64,68,73-74,78-79H,3-29,31-33,35-63,65-67,69-72H2,1-2H3,(H,77,80)/b34-30-,68-64+. The monoisotopic (exact) mass is 1150 g/mol. The molecule has 0 saturated heterocycles. The number of carbonyl (C=O) groups is 2. The lowest BCUT2D eigenvalue weighted by molar-refractivity contribution is -0.143. The van der Waals surface area contributed by atoms with Crippen LogP contribution in [0, 0.1) is 0 Å². The van der Waals surface area contributed by atoms with Gasteiger partial charge in [-0.25, -0.2) is 0 Å². The van der Waals surface area contributed by atoms with Gasteiger partial charge in [0.25, 0.3) is 0 Å². The molecule has 3 N–H and O–H groups in total. The molecule has 0 aliphatic heterocycles. The summed E-state index contributed by atoms with van der Waals surface area (Å²) in [5, 5.41) is 23.3. The molecule has 0 rings (SSSR count). The molecule has 0 aromatic rings. The van der Waals surface area contributed by atoms with Gasteiger partial charge in [-0.15, -0.1) is 0 Å². The topological polar surface area (TPSA) is 95.9 Å². The number of hydrogen-bond donors (Lipinski definition) is 3. The molecule has 0 aromatic heterocycles. The van der Waals surface area contributed by atoms with E-state index in [4.69, 9.17) is 4.74 Å². The maximum Gasteiger partial charge on any atom is 0.305 e. The number of aliphatic hydroxyl groups excluding tert-OH is 2. The Bertz CT molecular complexity index is 1280. The Kier molecular flexibility index (Phi) is 70.4. The van der Waals surface area contributed by atoms with E-state index in [1.54, 1.807) is 6.08 Å². The lowest BCUT2D eigenvalue weighted by atomic mass is 10.0. The molecule has 2 unspecified atom stereocenters. The Balaban J connectivity index is 3.41. The summed E-state index contributed by atoms with van der Waals surface area (Å²) in [5.41, 5.74) is 0. The van der Waals surface area contributed by atoms with Crippen molar-refractivity contribution in [1.29, 1.82) is 0 Å². The van der Waals surface area contributed by atoms with Crippen LogP contribution < -0.4 is 5.32 Å². The number of rotatable bonds is 71. The van der Waals surface area contributed by atoms with Crippen LogP contribution >= 0.6 is 0 Å². The first-order valence-corrected chi connectivity index (χ1v) is 37.6. The minimum Gasteiger partial charge on any atom is -0.466 e. The van der Waals surface area contributed by atoms with Crippen LogP contribution in [0.2, 0.25) is 0 Å². The zero-order valence-electron chi connectivity index (χ0n) is 55.8. The van der Waals surface area contributed by atoms with Crippen LogP contribution in [0.1, 0.15) is 425 Å². The Morgan fingerprint density at radius 2 is 0.573 bits per heavy atom. The maximum absolute atomic E-state index is 12.5. The molecule has 0 aromatic carbocycles. The number of ether oxygens (including phenoxy) is 1. The van der Waals surface area contributed by atoms with E-state index in [1.807, 2.05) is 6.08 Å². The summed E-state index contributed by atoms with van der Waals surface area (Å²) in [5.74, 6) is -0.0527. The summed E-state index contributed by atoms with van der Waals surface area (Å²) in [6, 6.07) is -0.634. The average molecular weight is 1160 g/mol. The molecule has 486 valence electrons. The molecular weight excluding hydrogens is 1010 g/mol. The summed E-state index contributed by atoms with van der Waals surface area (Å²) >= 11 is 0. The third-order valence-electron chi connectivity index (χ3n) is 17.7. The van der Waals surface area contributed by atoms with Gasteiger partial charge in [0.1, 0.15) is 0 Å². The third kappa shape index (κ3) is 67.5. The number of esters is 1. The lowest BCUT2D eigenvalue weighted by Gasteiger charge is -2.20. The van der Waals surface area contributed by atoms with Crippen molar-refractivity contribution in [3.05, 3.63) is 24.3 Å². The number of unbranched alkanes of at least 4 members (excludes halogenated alkanes) is 58.